The van der Waals surface area contributed by atoms with Crippen molar-refractivity contribution in [3.8, 4) is 5.75 Å². The maximum atomic E-state index is 12.1. The van der Waals surface area contributed by atoms with Crippen LogP contribution in [0.2, 0.25) is 5.02 Å². The Hall–Kier alpha value is -3.27. The van der Waals surface area contributed by atoms with E-state index in [0.717, 1.165) is 12.1 Å². The summed E-state index contributed by atoms with van der Waals surface area (Å²) >= 11 is 5.73. The number of ether oxygens (including phenoxy) is 2. The fourth-order valence-electron chi connectivity index (χ4n) is 2.13. The Labute approximate surface area is 174 Å². The van der Waals surface area contributed by atoms with Gasteiger partial charge in [0.15, 0.2) is 6.10 Å². The molecule has 2 amide bonds. The van der Waals surface area contributed by atoms with Crippen molar-refractivity contribution >= 4 is 35.1 Å². The van der Waals surface area contributed by atoms with Crippen LogP contribution < -0.4 is 15.4 Å². The highest BCUT2D eigenvalue weighted by atomic mass is 35.5. The van der Waals surface area contributed by atoms with E-state index in [4.69, 9.17) is 16.3 Å². The van der Waals surface area contributed by atoms with E-state index in [1.54, 1.807) is 0 Å². The molecular formula is C19H16ClF3N2O5. The molecule has 0 saturated heterocycles. The summed E-state index contributed by atoms with van der Waals surface area (Å²) in [6.07, 6.45) is -6.03. The normalized spacial score (nSPS) is 11.9. The molecule has 2 aromatic rings. The van der Waals surface area contributed by atoms with Crippen LogP contribution in [0, 0.1) is 0 Å². The van der Waals surface area contributed by atoms with E-state index >= 15 is 0 Å². The molecule has 160 valence electrons. The van der Waals surface area contributed by atoms with E-state index in [1.165, 1.54) is 43.3 Å². The van der Waals surface area contributed by atoms with E-state index in [-0.39, 0.29) is 11.3 Å². The Kier molecular flexibility index (Phi) is 7.65. The molecule has 0 aliphatic rings. The minimum Gasteiger partial charge on any atom is -0.451 e. The van der Waals surface area contributed by atoms with Gasteiger partial charge in [0.1, 0.15) is 12.3 Å². The molecule has 0 bridgehead atoms. The lowest BCUT2D eigenvalue weighted by atomic mass is 10.2. The summed E-state index contributed by atoms with van der Waals surface area (Å²) in [4.78, 5) is 35.8. The maximum Gasteiger partial charge on any atom is 0.573 e. The molecule has 0 aliphatic heterocycles. The van der Waals surface area contributed by atoms with Gasteiger partial charge in [0.2, 0.25) is 0 Å². The number of halogens is 4. The van der Waals surface area contributed by atoms with Crippen molar-refractivity contribution < 1.29 is 37.0 Å². The number of hydrogen-bond donors (Lipinski definition) is 2. The molecule has 0 saturated carbocycles. The highest BCUT2D eigenvalue weighted by molar-refractivity contribution is 6.30. The summed E-state index contributed by atoms with van der Waals surface area (Å²) in [7, 11) is 0. The van der Waals surface area contributed by atoms with Gasteiger partial charge in [0.25, 0.3) is 11.8 Å². The summed E-state index contributed by atoms with van der Waals surface area (Å²) < 4.78 is 45.0. The lowest BCUT2D eigenvalue weighted by molar-refractivity contribution is -0.274. The van der Waals surface area contributed by atoms with Crippen molar-refractivity contribution in [2.24, 2.45) is 0 Å². The molecule has 1 atom stereocenters. The van der Waals surface area contributed by atoms with Gasteiger partial charge < -0.3 is 20.1 Å². The van der Waals surface area contributed by atoms with Crippen LogP contribution in [0.15, 0.2) is 48.5 Å². The highest BCUT2D eigenvalue weighted by Gasteiger charge is 2.31. The van der Waals surface area contributed by atoms with Crippen molar-refractivity contribution in [3.63, 3.8) is 0 Å². The van der Waals surface area contributed by atoms with Gasteiger partial charge in [-0.1, -0.05) is 11.6 Å². The van der Waals surface area contributed by atoms with Crippen LogP contribution in [0.1, 0.15) is 17.3 Å². The van der Waals surface area contributed by atoms with E-state index in [2.05, 4.69) is 15.4 Å². The van der Waals surface area contributed by atoms with Crippen molar-refractivity contribution in [1.82, 2.24) is 5.32 Å². The topological polar surface area (TPSA) is 93.7 Å². The Bertz CT molecular complexity index is 902. The number of carbonyl (C=O) groups excluding carboxylic acids is 3. The molecule has 2 aromatic carbocycles. The van der Waals surface area contributed by atoms with Crippen molar-refractivity contribution in [2.75, 3.05) is 11.9 Å². The Balaban J connectivity index is 1.79. The van der Waals surface area contributed by atoms with Crippen molar-refractivity contribution in [1.29, 1.82) is 0 Å². The summed E-state index contributed by atoms with van der Waals surface area (Å²) in [5.41, 5.74) is 0.462. The zero-order valence-electron chi connectivity index (χ0n) is 15.5. The summed E-state index contributed by atoms with van der Waals surface area (Å²) in [5, 5.41) is 5.18. The molecule has 0 fully saturated rings. The molecule has 2 N–H and O–H groups in total. The molecule has 0 heterocycles. The van der Waals surface area contributed by atoms with E-state index < -0.39 is 42.5 Å². The maximum absolute atomic E-state index is 12.1. The van der Waals surface area contributed by atoms with Gasteiger partial charge in [0.05, 0.1) is 0 Å². The lowest BCUT2D eigenvalue weighted by Gasteiger charge is -2.14. The Morgan fingerprint density at radius 2 is 1.63 bits per heavy atom. The van der Waals surface area contributed by atoms with Gasteiger partial charge in [-0.2, -0.15) is 0 Å². The van der Waals surface area contributed by atoms with Gasteiger partial charge in [-0.05, 0) is 55.5 Å². The van der Waals surface area contributed by atoms with Crippen LogP contribution in [-0.2, 0) is 14.3 Å². The number of rotatable bonds is 7. The van der Waals surface area contributed by atoms with Gasteiger partial charge in [-0.25, -0.2) is 0 Å². The van der Waals surface area contributed by atoms with Gasteiger partial charge in [-0.15, -0.1) is 13.2 Å². The summed E-state index contributed by atoms with van der Waals surface area (Å²) in [6.45, 7) is 0.831. The number of carbonyl (C=O) groups is 3. The Morgan fingerprint density at radius 1 is 1.03 bits per heavy atom. The SMILES string of the molecule is CC(OC(=O)CNC(=O)c1ccc(Cl)cc1)C(=O)Nc1ccc(OC(F)(F)F)cc1. The summed E-state index contributed by atoms with van der Waals surface area (Å²) in [6, 6.07) is 10.4. The molecule has 7 nitrogen and oxygen atoms in total. The predicted molar refractivity (Wildman–Crippen MR) is 101 cm³/mol. The number of anilines is 1. The fraction of sp³-hybridized carbons (Fsp3) is 0.211. The smallest absolute Gasteiger partial charge is 0.451 e. The van der Waals surface area contributed by atoms with Gasteiger partial charge in [-0.3, -0.25) is 14.4 Å². The molecule has 1 unspecified atom stereocenters. The fourth-order valence-corrected chi connectivity index (χ4v) is 2.26. The first kappa shape index (κ1) is 23.0. The van der Waals surface area contributed by atoms with Crippen LogP contribution in [-0.4, -0.2) is 36.8 Å². The van der Waals surface area contributed by atoms with E-state index in [1.807, 2.05) is 0 Å². The van der Waals surface area contributed by atoms with Crippen LogP contribution >= 0.6 is 11.6 Å². The number of benzene rings is 2. The molecule has 0 radical (unpaired) electrons. The first-order valence-electron chi connectivity index (χ1n) is 8.43. The van der Waals surface area contributed by atoms with E-state index in [0.29, 0.717) is 5.02 Å². The zero-order valence-corrected chi connectivity index (χ0v) is 16.2. The molecule has 0 spiro atoms. The minimum absolute atomic E-state index is 0.175. The van der Waals surface area contributed by atoms with Crippen LogP contribution in [0.3, 0.4) is 0 Å². The summed E-state index contributed by atoms with van der Waals surface area (Å²) in [5.74, 6) is -2.54. The number of hydrogen-bond acceptors (Lipinski definition) is 5. The van der Waals surface area contributed by atoms with Gasteiger partial charge >= 0.3 is 12.3 Å². The Morgan fingerprint density at radius 3 is 2.20 bits per heavy atom. The van der Waals surface area contributed by atoms with Crippen LogP contribution in [0.5, 0.6) is 5.75 Å². The average molecular weight is 445 g/mol. The third-order valence-electron chi connectivity index (χ3n) is 3.53. The molecular weight excluding hydrogens is 429 g/mol. The van der Waals surface area contributed by atoms with Crippen LogP contribution in [0.4, 0.5) is 18.9 Å². The zero-order chi connectivity index (χ0) is 22.3. The van der Waals surface area contributed by atoms with Crippen LogP contribution in [0.25, 0.3) is 0 Å². The predicted octanol–water partition coefficient (Wildman–Crippen LogP) is 3.54. The highest BCUT2D eigenvalue weighted by Crippen LogP contribution is 2.24. The molecule has 11 heteroatoms. The first-order chi connectivity index (χ1) is 14.0. The average Bonchev–Trinajstić information content (AvgIpc) is 2.67. The minimum atomic E-state index is -4.82. The quantitative estimate of drug-likeness (QED) is 0.637. The van der Waals surface area contributed by atoms with Crippen molar-refractivity contribution in [2.45, 2.75) is 19.4 Å². The third-order valence-corrected chi connectivity index (χ3v) is 3.78. The molecule has 30 heavy (non-hydrogen) atoms. The second-order valence-corrected chi connectivity index (χ2v) is 6.32. The third kappa shape index (κ3) is 7.63. The number of nitrogens with one attached hydrogen (secondary N) is 2. The molecule has 0 aliphatic carbocycles. The number of esters is 1. The van der Waals surface area contributed by atoms with Crippen molar-refractivity contribution in [3.05, 3.63) is 59.1 Å². The first-order valence-corrected chi connectivity index (χ1v) is 8.81. The number of amides is 2. The van der Waals surface area contributed by atoms with Gasteiger partial charge in [0, 0.05) is 16.3 Å². The lowest BCUT2D eigenvalue weighted by Crippen LogP contribution is -2.35. The van der Waals surface area contributed by atoms with E-state index in [9.17, 15) is 27.6 Å². The second kappa shape index (κ2) is 9.97. The molecule has 0 aromatic heterocycles. The standard InChI is InChI=1S/C19H16ClF3N2O5/c1-11(17(27)25-14-6-8-15(9-7-14)30-19(21,22)23)29-16(26)10-24-18(28)12-2-4-13(20)5-3-12/h2-9,11H,10H2,1H3,(H,24,28)(H,25,27). The molecule has 2 rings (SSSR count). The number of alkyl halides is 3. The largest absolute Gasteiger partial charge is 0.573 e. The monoisotopic (exact) mass is 444 g/mol. The second-order valence-electron chi connectivity index (χ2n) is 5.88.